The number of ether oxygens (including phenoxy) is 1. The highest BCUT2D eigenvalue weighted by Crippen LogP contribution is 2.22. The van der Waals surface area contributed by atoms with Crippen molar-refractivity contribution in [1.82, 2.24) is 5.32 Å². The van der Waals surface area contributed by atoms with Crippen molar-refractivity contribution in [2.75, 3.05) is 13.7 Å². The number of fused-ring (bicyclic) bond motifs is 1. The number of aryl methyl sites for hydroxylation is 2. The van der Waals surface area contributed by atoms with Crippen LogP contribution in [0.25, 0.3) is 0 Å². The van der Waals surface area contributed by atoms with Crippen LogP contribution in [0.3, 0.4) is 0 Å². The van der Waals surface area contributed by atoms with Crippen molar-refractivity contribution in [2.45, 2.75) is 32.1 Å². The molecule has 0 aromatic heterocycles. The van der Waals surface area contributed by atoms with E-state index in [0.29, 0.717) is 6.54 Å². The number of benzene rings is 1. The Morgan fingerprint density at radius 1 is 1.21 bits per heavy atom. The summed E-state index contributed by atoms with van der Waals surface area (Å²) >= 11 is 0. The normalized spacial score (nSPS) is 13.5. The second-order valence-electron chi connectivity index (χ2n) is 4.81. The lowest BCUT2D eigenvalue weighted by atomic mass is 9.90. The highest BCUT2D eigenvalue weighted by atomic mass is 16.5. The zero-order valence-electron chi connectivity index (χ0n) is 11.2. The number of carbonyl (C=O) groups excluding carboxylic acids is 2. The standard InChI is InChI=1S/C15H19NO3/c1-19-15(18)14(17)16-9-8-11-6-7-12-4-2-3-5-13(12)10-11/h6-7,10H,2-5,8-9H2,1H3,(H,16,17). The second kappa shape index (κ2) is 6.36. The first-order valence-corrected chi connectivity index (χ1v) is 6.67. The van der Waals surface area contributed by atoms with Crippen molar-refractivity contribution >= 4 is 11.9 Å². The fourth-order valence-electron chi connectivity index (χ4n) is 2.43. The number of rotatable bonds is 3. The molecular weight excluding hydrogens is 242 g/mol. The second-order valence-corrected chi connectivity index (χ2v) is 4.81. The molecular formula is C15H19NO3. The molecule has 0 spiro atoms. The lowest BCUT2D eigenvalue weighted by Gasteiger charge is -2.16. The summed E-state index contributed by atoms with van der Waals surface area (Å²) < 4.78 is 4.34. The van der Waals surface area contributed by atoms with Gasteiger partial charge in [-0.2, -0.15) is 0 Å². The monoisotopic (exact) mass is 261 g/mol. The number of carbonyl (C=O) groups is 2. The molecule has 1 aromatic carbocycles. The molecule has 0 fully saturated rings. The van der Waals surface area contributed by atoms with E-state index in [2.05, 4.69) is 28.3 Å². The molecule has 1 aliphatic carbocycles. The topological polar surface area (TPSA) is 55.4 Å². The first-order valence-electron chi connectivity index (χ1n) is 6.67. The van der Waals surface area contributed by atoms with Crippen molar-refractivity contribution in [3.05, 3.63) is 34.9 Å². The van der Waals surface area contributed by atoms with Crippen LogP contribution in [-0.2, 0) is 33.6 Å². The molecule has 2 rings (SSSR count). The molecule has 0 aliphatic heterocycles. The molecule has 0 atom stereocenters. The molecule has 1 aromatic rings. The summed E-state index contributed by atoms with van der Waals surface area (Å²) in [6, 6.07) is 6.51. The summed E-state index contributed by atoms with van der Waals surface area (Å²) in [4.78, 5) is 22.1. The molecule has 19 heavy (non-hydrogen) atoms. The van der Waals surface area contributed by atoms with Gasteiger partial charge in [0.1, 0.15) is 0 Å². The van der Waals surface area contributed by atoms with Crippen molar-refractivity contribution < 1.29 is 14.3 Å². The Balaban J connectivity index is 1.86. The van der Waals surface area contributed by atoms with Gasteiger partial charge in [-0.25, -0.2) is 4.79 Å². The van der Waals surface area contributed by atoms with E-state index in [1.165, 1.54) is 43.1 Å². The number of amides is 1. The van der Waals surface area contributed by atoms with Gasteiger partial charge in [-0.1, -0.05) is 18.2 Å². The highest BCUT2D eigenvalue weighted by molar-refractivity contribution is 6.32. The van der Waals surface area contributed by atoms with Gasteiger partial charge in [0, 0.05) is 6.54 Å². The van der Waals surface area contributed by atoms with E-state index in [-0.39, 0.29) is 0 Å². The summed E-state index contributed by atoms with van der Waals surface area (Å²) in [5.74, 6) is -1.52. The number of hydrogen-bond donors (Lipinski definition) is 1. The van der Waals surface area contributed by atoms with Crippen LogP contribution in [-0.4, -0.2) is 25.5 Å². The van der Waals surface area contributed by atoms with E-state index in [1.807, 2.05) is 0 Å². The van der Waals surface area contributed by atoms with E-state index in [0.717, 1.165) is 12.8 Å². The molecule has 0 saturated heterocycles. The molecule has 1 N–H and O–H groups in total. The predicted octanol–water partition coefficient (Wildman–Crippen LogP) is 1.40. The minimum absolute atomic E-state index is 0.451. The van der Waals surface area contributed by atoms with Crippen molar-refractivity contribution in [2.24, 2.45) is 0 Å². The number of hydrogen-bond acceptors (Lipinski definition) is 3. The third kappa shape index (κ3) is 3.56. The van der Waals surface area contributed by atoms with Crippen molar-refractivity contribution in [3.8, 4) is 0 Å². The molecule has 0 heterocycles. The molecule has 0 bridgehead atoms. The van der Waals surface area contributed by atoms with E-state index in [4.69, 9.17) is 0 Å². The van der Waals surface area contributed by atoms with Crippen LogP contribution in [0.5, 0.6) is 0 Å². The third-order valence-electron chi connectivity index (χ3n) is 3.48. The van der Waals surface area contributed by atoms with Crippen LogP contribution in [0.1, 0.15) is 29.5 Å². The summed E-state index contributed by atoms with van der Waals surface area (Å²) in [6.07, 6.45) is 5.60. The van der Waals surface area contributed by atoms with Gasteiger partial charge in [0.05, 0.1) is 7.11 Å². The third-order valence-corrected chi connectivity index (χ3v) is 3.48. The quantitative estimate of drug-likeness (QED) is 0.661. The summed E-state index contributed by atoms with van der Waals surface area (Å²) in [5.41, 5.74) is 4.09. The Kier molecular flexibility index (Phi) is 4.55. The maximum Gasteiger partial charge on any atom is 0.396 e. The van der Waals surface area contributed by atoms with Gasteiger partial charge < -0.3 is 10.1 Å². The average Bonchev–Trinajstić information content (AvgIpc) is 2.46. The maximum absolute atomic E-state index is 11.2. The lowest BCUT2D eigenvalue weighted by molar-refractivity contribution is -0.152. The Morgan fingerprint density at radius 3 is 2.68 bits per heavy atom. The molecule has 102 valence electrons. The van der Waals surface area contributed by atoms with Crippen LogP contribution in [0, 0.1) is 0 Å². The van der Waals surface area contributed by atoms with E-state index < -0.39 is 11.9 Å². The molecule has 0 saturated carbocycles. The smallest absolute Gasteiger partial charge is 0.396 e. The van der Waals surface area contributed by atoms with Gasteiger partial charge in [0.2, 0.25) is 0 Å². The zero-order chi connectivity index (χ0) is 13.7. The number of esters is 1. The van der Waals surface area contributed by atoms with Gasteiger partial charge in [0.25, 0.3) is 0 Å². The molecule has 4 nitrogen and oxygen atoms in total. The summed E-state index contributed by atoms with van der Waals surface area (Å²) in [7, 11) is 1.20. The van der Waals surface area contributed by atoms with Crippen LogP contribution < -0.4 is 5.32 Å². The zero-order valence-corrected chi connectivity index (χ0v) is 11.2. The Bertz CT molecular complexity index is 482. The Morgan fingerprint density at radius 2 is 1.95 bits per heavy atom. The van der Waals surface area contributed by atoms with Crippen molar-refractivity contribution in [1.29, 1.82) is 0 Å². The Labute approximate surface area is 113 Å². The SMILES string of the molecule is COC(=O)C(=O)NCCc1ccc2c(c1)CCCC2. The largest absolute Gasteiger partial charge is 0.462 e. The fourth-order valence-corrected chi connectivity index (χ4v) is 2.43. The van der Waals surface area contributed by atoms with E-state index >= 15 is 0 Å². The summed E-state index contributed by atoms with van der Waals surface area (Å²) in [6.45, 7) is 0.451. The van der Waals surface area contributed by atoms with Crippen LogP contribution >= 0.6 is 0 Å². The van der Waals surface area contributed by atoms with E-state index in [1.54, 1.807) is 0 Å². The fraction of sp³-hybridized carbons (Fsp3) is 0.467. The maximum atomic E-state index is 11.2. The molecule has 1 amide bonds. The summed E-state index contributed by atoms with van der Waals surface area (Å²) in [5, 5.41) is 2.55. The average molecular weight is 261 g/mol. The van der Waals surface area contributed by atoms with Gasteiger partial charge >= 0.3 is 11.9 Å². The lowest BCUT2D eigenvalue weighted by Crippen LogP contribution is -2.33. The Hall–Kier alpha value is -1.84. The minimum atomic E-state index is -0.842. The van der Waals surface area contributed by atoms with Crippen molar-refractivity contribution in [3.63, 3.8) is 0 Å². The first-order chi connectivity index (χ1) is 9.20. The van der Waals surface area contributed by atoms with Crippen LogP contribution in [0.2, 0.25) is 0 Å². The van der Waals surface area contributed by atoms with Gasteiger partial charge in [-0.05, 0) is 48.8 Å². The first kappa shape index (κ1) is 13.6. The van der Waals surface area contributed by atoms with Crippen LogP contribution in [0.15, 0.2) is 18.2 Å². The highest BCUT2D eigenvalue weighted by Gasteiger charge is 2.13. The number of methoxy groups -OCH3 is 1. The molecule has 0 unspecified atom stereocenters. The predicted molar refractivity (Wildman–Crippen MR) is 71.8 cm³/mol. The molecule has 1 aliphatic rings. The van der Waals surface area contributed by atoms with Gasteiger partial charge in [-0.3, -0.25) is 4.79 Å². The van der Waals surface area contributed by atoms with Crippen LogP contribution in [0.4, 0.5) is 0 Å². The molecule has 0 radical (unpaired) electrons. The minimum Gasteiger partial charge on any atom is -0.462 e. The number of nitrogens with one attached hydrogen (secondary N) is 1. The van der Waals surface area contributed by atoms with E-state index in [9.17, 15) is 9.59 Å². The van der Waals surface area contributed by atoms with Gasteiger partial charge in [0.15, 0.2) is 0 Å². The van der Waals surface area contributed by atoms with Gasteiger partial charge in [-0.15, -0.1) is 0 Å². The molecule has 4 heteroatoms.